The fourth-order valence-electron chi connectivity index (χ4n) is 1.08. The number of halogens is 1. The molecule has 1 aromatic rings. The minimum absolute atomic E-state index is 0.374. The maximum absolute atomic E-state index is 9.48. The monoisotopic (exact) mass is 218 g/mol. The van der Waals surface area contributed by atoms with Gasteiger partial charge in [-0.3, -0.25) is 9.11 Å². The van der Waals surface area contributed by atoms with Gasteiger partial charge in [0.2, 0.25) is 0 Å². The van der Waals surface area contributed by atoms with Gasteiger partial charge in [-0.1, -0.05) is 22.4 Å². The highest BCUT2D eigenvalue weighted by Crippen LogP contribution is 2.54. The van der Waals surface area contributed by atoms with Crippen molar-refractivity contribution >= 4 is 34.4 Å². The van der Waals surface area contributed by atoms with E-state index in [4.69, 9.17) is 11.6 Å². The number of benzene rings is 1. The Kier molecular flexibility index (Phi) is 1.96. The lowest BCUT2D eigenvalue weighted by atomic mass is 10.3. The van der Waals surface area contributed by atoms with Gasteiger partial charge < -0.3 is 5.32 Å². The molecule has 0 bridgehead atoms. The molecule has 1 aliphatic rings. The normalized spacial score (nSPS) is 20.2. The molecule has 0 amide bonds. The molecule has 1 aliphatic heterocycles. The average molecular weight is 219 g/mol. The van der Waals surface area contributed by atoms with Crippen LogP contribution < -0.4 is 5.32 Å². The lowest BCUT2D eigenvalue weighted by Gasteiger charge is -2.31. The van der Waals surface area contributed by atoms with E-state index in [2.05, 4.69) is 9.71 Å². The van der Waals surface area contributed by atoms with E-state index in [1.165, 1.54) is 6.34 Å². The van der Waals surface area contributed by atoms with Crippen molar-refractivity contribution in [2.24, 2.45) is 4.40 Å². The van der Waals surface area contributed by atoms with Crippen molar-refractivity contribution in [1.29, 1.82) is 0 Å². The summed E-state index contributed by atoms with van der Waals surface area (Å²) in [6.45, 7) is 0. The van der Waals surface area contributed by atoms with E-state index in [1.54, 1.807) is 18.2 Å². The summed E-state index contributed by atoms with van der Waals surface area (Å²) in [6, 6.07) is 4.77. The van der Waals surface area contributed by atoms with Crippen LogP contribution in [0.4, 0.5) is 5.69 Å². The Morgan fingerprint density at radius 3 is 2.92 bits per heavy atom. The molecule has 0 saturated heterocycles. The summed E-state index contributed by atoms with van der Waals surface area (Å²) in [4.78, 5) is 0.374. The molecular weight excluding hydrogens is 212 g/mol. The molecular formula is C7H7ClN2O2S. The molecule has 0 saturated carbocycles. The molecule has 3 N–H and O–H groups in total. The molecule has 0 atom stereocenters. The van der Waals surface area contributed by atoms with Gasteiger partial charge in [0.15, 0.2) is 0 Å². The lowest BCUT2D eigenvalue weighted by molar-refractivity contribution is 0.489. The van der Waals surface area contributed by atoms with Crippen LogP contribution in [0.3, 0.4) is 0 Å². The van der Waals surface area contributed by atoms with E-state index in [9.17, 15) is 9.11 Å². The number of fused-ring (bicyclic) bond motifs is 1. The third-order valence-corrected chi connectivity index (χ3v) is 3.24. The molecule has 6 heteroatoms. The molecule has 0 unspecified atom stereocenters. The van der Waals surface area contributed by atoms with Gasteiger partial charge in [0.1, 0.15) is 11.2 Å². The maximum Gasteiger partial charge on any atom is 0.113 e. The van der Waals surface area contributed by atoms with Crippen molar-refractivity contribution in [2.75, 3.05) is 5.32 Å². The highest BCUT2D eigenvalue weighted by molar-refractivity contribution is 8.23. The molecule has 0 fully saturated rings. The quantitative estimate of drug-likeness (QED) is 0.627. The summed E-state index contributed by atoms with van der Waals surface area (Å²) >= 11 is 5.73. The fraction of sp³-hybridized carbons (Fsp3) is 0. The van der Waals surface area contributed by atoms with Gasteiger partial charge >= 0.3 is 0 Å². The molecule has 13 heavy (non-hydrogen) atoms. The molecule has 2 rings (SSSR count). The molecule has 0 aliphatic carbocycles. The second-order valence-corrected chi connectivity index (χ2v) is 4.66. The number of hydrogen-bond donors (Lipinski definition) is 3. The number of nitrogens with one attached hydrogen (secondary N) is 1. The van der Waals surface area contributed by atoms with Crippen LogP contribution in [0.15, 0.2) is 27.5 Å². The van der Waals surface area contributed by atoms with Crippen LogP contribution in [0.5, 0.6) is 0 Å². The SMILES string of the molecule is OS1(O)N=CNc2cc(Cl)ccc21. The Hall–Kier alpha value is -0.750. The maximum atomic E-state index is 9.48. The smallest absolute Gasteiger partial charge is 0.113 e. The summed E-state index contributed by atoms with van der Waals surface area (Å²) < 4.78 is 22.5. The number of rotatable bonds is 0. The predicted molar refractivity (Wildman–Crippen MR) is 54.7 cm³/mol. The van der Waals surface area contributed by atoms with Gasteiger partial charge in [-0.25, -0.2) is 0 Å². The van der Waals surface area contributed by atoms with Crippen LogP contribution in [0, 0.1) is 0 Å². The number of nitrogens with zero attached hydrogens (tertiary/aromatic N) is 1. The zero-order valence-corrected chi connectivity index (χ0v) is 8.01. The van der Waals surface area contributed by atoms with Gasteiger partial charge in [0.25, 0.3) is 0 Å². The zero-order chi connectivity index (χ0) is 9.47. The van der Waals surface area contributed by atoms with Gasteiger partial charge in [-0.05, 0) is 18.2 Å². The Morgan fingerprint density at radius 1 is 1.38 bits per heavy atom. The molecule has 1 heterocycles. The average Bonchev–Trinajstić information content (AvgIpc) is 2.02. The number of anilines is 1. The molecule has 4 nitrogen and oxygen atoms in total. The van der Waals surface area contributed by atoms with Crippen LogP contribution in [-0.2, 0) is 0 Å². The van der Waals surface area contributed by atoms with Crippen molar-refractivity contribution in [1.82, 2.24) is 0 Å². The minimum atomic E-state index is -3.01. The Bertz CT molecular complexity index is 381. The van der Waals surface area contributed by atoms with Gasteiger partial charge in [-0.15, -0.1) is 4.40 Å². The lowest BCUT2D eigenvalue weighted by Crippen LogP contribution is -2.09. The first kappa shape index (κ1) is 8.83. The first-order chi connectivity index (χ1) is 6.09. The predicted octanol–water partition coefficient (Wildman–Crippen LogP) is 2.82. The van der Waals surface area contributed by atoms with E-state index in [1.807, 2.05) is 0 Å². The van der Waals surface area contributed by atoms with E-state index in [-0.39, 0.29) is 0 Å². The molecule has 1 aromatic carbocycles. The summed E-state index contributed by atoms with van der Waals surface area (Å²) in [5.41, 5.74) is 0.586. The highest BCUT2D eigenvalue weighted by Gasteiger charge is 2.21. The largest absolute Gasteiger partial charge is 0.343 e. The van der Waals surface area contributed by atoms with Gasteiger partial charge in [-0.2, -0.15) is 0 Å². The summed E-state index contributed by atoms with van der Waals surface area (Å²) in [7, 11) is -3.01. The Morgan fingerprint density at radius 2 is 2.15 bits per heavy atom. The third kappa shape index (κ3) is 1.51. The second kappa shape index (κ2) is 2.88. The summed E-state index contributed by atoms with van der Waals surface area (Å²) in [5, 5.41) is 3.32. The van der Waals surface area contributed by atoms with Crippen molar-refractivity contribution in [3.05, 3.63) is 23.2 Å². The molecule has 0 radical (unpaired) electrons. The number of hydrogen-bond acceptors (Lipinski definition) is 4. The fourth-order valence-corrected chi connectivity index (χ4v) is 2.23. The topological polar surface area (TPSA) is 64.8 Å². The second-order valence-electron chi connectivity index (χ2n) is 2.54. The summed E-state index contributed by atoms with van der Waals surface area (Å²) in [5.74, 6) is 0. The van der Waals surface area contributed by atoms with Crippen LogP contribution in [0.1, 0.15) is 0 Å². The standard InChI is InChI=1S/C7H7ClN2O2S/c8-5-1-2-7-6(3-5)9-4-10-13(7,11)12/h1-4,11-12H,(H,9,10). The van der Waals surface area contributed by atoms with Crippen LogP contribution >= 0.6 is 22.4 Å². The van der Waals surface area contributed by atoms with Crippen molar-refractivity contribution in [3.8, 4) is 0 Å². The molecule has 70 valence electrons. The Labute approximate surface area is 81.7 Å². The van der Waals surface area contributed by atoms with Crippen molar-refractivity contribution in [2.45, 2.75) is 4.90 Å². The van der Waals surface area contributed by atoms with E-state index in [0.29, 0.717) is 15.6 Å². The molecule has 0 aromatic heterocycles. The first-order valence-electron chi connectivity index (χ1n) is 3.48. The zero-order valence-electron chi connectivity index (χ0n) is 6.44. The van der Waals surface area contributed by atoms with E-state index >= 15 is 0 Å². The highest BCUT2D eigenvalue weighted by atomic mass is 35.5. The van der Waals surface area contributed by atoms with E-state index < -0.39 is 10.8 Å². The van der Waals surface area contributed by atoms with E-state index in [0.717, 1.165) is 0 Å². The van der Waals surface area contributed by atoms with Crippen LogP contribution in [-0.4, -0.2) is 15.4 Å². The van der Waals surface area contributed by atoms with Crippen LogP contribution in [0.25, 0.3) is 0 Å². The Balaban J connectivity index is 2.58. The van der Waals surface area contributed by atoms with Crippen LogP contribution in [0.2, 0.25) is 5.02 Å². The molecule has 0 spiro atoms. The minimum Gasteiger partial charge on any atom is -0.343 e. The van der Waals surface area contributed by atoms with Crippen molar-refractivity contribution in [3.63, 3.8) is 0 Å². The first-order valence-corrected chi connectivity index (χ1v) is 5.36. The van der Waals surface area contributed by atoms with Gasteiger partial charge in [0.05, 0.1) is 5.69 Å². The third-order valence-electron chi connectivity index (χ3n) is 1.66. The van der Waals surface area contributed by atoms with Crippen molar-refractivity contribution < 1.29 is 9.11 Å². The summed E-state index contributed by atoms with van der Waals surface area (Å²) in [6.07, 6.45) is 1.26. The van der Waals surface area contributed by atoms with Gasteiger partial charge in [0, 0.05) is 5.02 Å².